The van der Waals surface area contributed by atoms with Gasteiger partial charge in [-0.3, -0.25) is 4.57 Å². The third-order valence-corrected chi connectivity index (χ3v) is 10.1. The van der Waals surface area contributed by atoms with Gasteiger partial charge in [0.2, 0.25) is 0 Å². The number of aliphatic hydroxyl groups excluding tert-OH is 1. The molecule has 1 fully saturated rings. The van der Waals surface area contributed by atoms with Gasteiger partial charge >= 0.3 is 6.09 Å². The van der Waals surface area contributed by atoms with Crippen molar-refractivity contribution in [2.45, 2.75) is 63.4 Å². The highest BCUT2D eigenvalue weighted by atomic mass is 28.4. The summed E-state index contributed by atoms with van der Waals surface area (Å²) in [5.41, 5.74) is 12.0. The van der Waals surface area contributed by atoms with Gasteiger partial charge in [-0.25, -0.2) is 19.7 Å². The van der Waals surface area contributed by atoms with E-state index >= 15 is 0 Å². The Kier molecular flexibility index (Phi) is 5.55. The molecule has 5 N–H and O–H groups in total. The molecule has 0 spiro atoms. The third-order valence-electron chi connectivity index (χ3n) is 5.62. The monoisotopic (exact) mass is 424 g/mol. The lowest BCUT2D eigenvalue weighted by atomic mass is 10.1. The predicted octanol–water partition coefficient (Wildman–Crippen LogP) is 1.15. The number of nitrogen functional groups attached to an aromatic ring is 1. The van der Waals surface area contributed by atoms with Crippen LogP contribution in [0.1, 0.15) is 27.0 Å². The maximum atomic E-state index is 11.7. The first-order chi connectivity index (χ1) is 13.5. The molecular weight excluding hydrogens is 396 g/mol. The summed E-state index contributed by atoms with van der Waals surface area (Å²) in [6.07, 6.45) is -1.39. The van der Waals surface area contributed by atoms with E-state index in [0.29, 0.717) is 11.2 Å². The Labute approximate surface area is 169 Å². The van der Waals surface area contributed by atoms with Gasteiger partial charge in [-0.2, -0.15) is 0 Å². The molecule has 0 unspecified atom stereocenters. The number of carbonyl (C=O) groups excluding carboxylic acids is 1. The summed E-state index contributed by atoms with van der Waals surface area (Å²) in [5.74, 6) is 0.215. The number of rotatable bonds is 5. The largest absolute Gasteiger partial charge is 0.439 e. The van der Waals surface area contributed by atoms with Crippen LogP contribution in [0.2, 0.25) is 18.1 Å². The molecule has 3 rings (SSSR count). The minimum absolute atomic E-state index is 0.105. The number of nitrogens with two attached hydrogens (primary N) is 2. The van der Waals surface area contributed by atoms with Crippen molar-refractivity contribution in [3.63, 3.8) is 0 Å². The Hall–Kier alpha value is -2.28. The number of amides is 1. The number of carbonyl (C=O) groups is 1. The number of anilines is 1. The van der Waals surface area contributed by atoms with Gasteiger partial charge in [-0.05, 0) is 18.1 Å². The molecule has 0 aliphatic carbocycles. The van der Waals surface area contributed by atoms with Crippen LogP contribution in [-0.2, 0) is 13.9 Å². The van der Waals surface area contributed by atoms with E-state index in [4.69, 9.17) is 25.4 Å². The molecule has 1 aliphatic rings. The molecule has 1 amide bonds. The van der Waals surface area contributed by atoms with E-state index in [1.165, 1.54) is 12.7 Å². The van der Waals surface area contributed by atoms with E-state index < -0.39 is 39.0 Å². The van der Waals surface area contributed by atoms with E-state index in [-0.39, 0.29) is 17.5 Å². The normalized spacial score (nSPS) is 25.4. The van der Waals surface area contributed by atoms with Gasteiger partial charge in [-0.1, -0.05) is 20.8 Å². The smallest absolute Gasteiger partial charge is 0.405 e. The highest BCUT2D eigenvalue weighted by Crippen LogP contribution is 2.42. The van der Waals surface area contributed by atoms with Crippen molar-refractivity contribution in [1.29, 1.82) is 0 Å². The fourth-order valence-electron chi connectivity index (χ4n) is 3.05. The average Bonchev–Trinajstić information content (AvgIpc) is 3.16. The second-order valence-corrected chi connectivity index (χ2v) is 13.3. The van der Waals surface area contributed by atoms with Crippen LogP contribution in [0.25, 0.3) is 11.2 Å². The number of ether oxygens (including phenoxy) is 2. The Morgan fingerprint density at radius 1 is 1.31 bits per heavy atom. The summed E-state index contributed by atoms with van der Waals surface area (Å²) in [6.45, 7) is 10.1. The van der Waals surface area contributed by atoms with Gasteiger partial charge in [-0.15, -0.1) is 0 Å². The number of primary amides is 1. The molecule has 0 radical (unpaired) electrons. The molecule has 11 nitrogen and oxygen atoms in total. The Morgan fingerprint density at radius 2 is 2.00 bits per heavy atom. The van der Waals surface area contributed by atoms with Crippen molar-refractivity contribution < 1.29 is 23.8 Å². The highest BCUT2D eigenvalue weighted by Gasteiger charge is 2.52. The first kappa shape index (κ1) is 21.4. The number of fused-ring (bicyclic) bond motifs is 1. The van der Waals surface area contributed by atoms with E-state index in [1.807, 2.05) is 0 Å². The highest BCUT2D eigenvalue weighted by molar-refractivity contribution is 6.74. The molecule has 1 saturated heterocycles. The molecule has 1 aliphatic heterocycles. The molecule has 0 aromatic carbocycles. The summed E-state index contributed by atoms with van der Waals surface area (Å²) in [5, 5.41) is 9.82. The zero-order chi connectivity index (χ0) is 21.6. The van der Waals surface area contributed by atoms with Crippen molar-refractivity contribution in [3.05, 3.63) is 12.7 Å². The Balaban J connectivity index is 2.03. The van der Waals surface area contributed by atoms with Gasteiger partial charge in [0.05, 0.1) is 12.9 Å². The number of nitrogens with zero attached hydrogens (tertiary/aromatic N) is 4. The SMILES string of the molecule is CC(C)(C)[Si](C)(C)O[C@H]1[C@@H](OC(N)=O)[C@H](n2cnc3c(N)ncnc32)O[C@@H]1CO. The van der Waals surface area contributed by atoms with Crippen molar-refractivity contribution in [1.82, 2.24) is 19.5 Å². The maximum absolute atomic E-state index is 11.7. The standard InChI is InChI=1S/C17H28N6O5Si/c1-17(2,3)29(4,5)28-11-9(6-24)26-15(12(11)27-16(19)25)23-8-22-10-13(18)20-7-21-14(10)23/h7-9,11-12,15,24H,6H2,1-5H3,(H2,19,25)(H2,18,20,21)/t9-,11-,12-,15-/m1/s1. The van der Waals surface area contributed by atoms with Crippen molar-refractivity contribution >= 4 is 31.4 Å². The first-order valence-electron chi connectivity index (χ1n) is 9.29. The first-order valence-corrected chi connectivity index (χ1v) is 12.2. The molecule has 3 heterocycles. The van der Waals surface area contributed by atoms with Gasteiger partial charge in [0.15, 0.2) is 32.1 Å². The quantitative estimate of drug-likeness (QED) is 0.598. The van der Waals surface area contributed by atoms with Crippen LogP contribution in [-0.4, -0.2) is 64.0 Å². The molecule has 2 aromatic heterocycles. The molecular formula is C17H28N6O5Si. The summed E-state index contributed by atoms with van der Waals surface area (Å²) in [6, 6.07) is 0. The predicted molar refractivity (Wildman–Crippen MR) is 107 cm³/mol. The maximum Gasteiger partial charge on any atom is 0.405 e. The third kappa shape index (κ3) is 3.92. The molecule has 29 heavy (non-hydrogen) atoms. The molecule has 12 heteroatoms. The van der Waals surface area contributed by atoms with Crippen LogP contribution < -0.4 is 11.5 Å². The Bertz CT molecular complexity index is 898. The number of hydrogen-bond donors (Lipinski definition) is 3. The van der Waals surface area contributed by atoms with Crippen molar-refractivity contribution in [2.75, 3.05) is 12.3 Å². The van der Waals surface area contributed by atoms with Crippen LogP contribution in [0.4, 0.5) is 10.6 Å². The average molecular weight is 425 g/mol. The van der Waals surface area contributed by atoms with E-state index in [0.717, 1.165) is 0 Å². The molecule has 160 valence electrons. The van der Waals surface area contributed by atoms with Crippen LogP contribution in [0.15, 0.2) is 12.7 Å². The lowest BCUT2D eigenvalue weighted by Crippen LogP contribution is -2.50. The van der Waals surface area contributed by atoms with Crippen LogP contribution >= 0.6 is 0 Å². The van der Waals surface area contributed by atoms with E-state index in [9.17, 15) is 9.90 Å². The zero-order valence-electron chi connectivity index (χ0n) is 17.2. The van der Waals surface area contributed by atoms with Crippen molar-refractivity contribution in [2.24, 2.45) is 5.73 Å². The number of aromatic nitrogens is 4. The molecule has 2 aromatic rings. The fourth-order valence-corrected chi connectivity index (χ4v) is 4.37. The molecule has 0 saturated carbocycles. The fraction of sp³-hybridized carbons (Fsp3) is 0.647. The van der Waals surface area contributed by atoms with Gasteiger partial charge in [0, 0.05) is 0 Å². The molecule has 4 atom stereocenters. The van der Waals surface area contributed by atoms with Crippen LogP contribution in [0.3, 0.4) is 0 Å². The summed E-state index contributed by atoms with van der Waals surface area (Å²) in [7, 11) is -2.29. The van der Waals surface area contributed by atoms with Crippen molar-refractivity contribution in [3.8, 4) is 0 Å². The number of aliphatic hydroxyl groups is 1. The Morgan fingerprint density at radius 3 is 2.59 bits per heavy atom. The minimum atomic E-state index is -2.29. The zero-order valence-corrected chi connectivity index (χ0v) is 18.2. The summed E-state index contributed by atoms with van der Waals surface area (Å²) in [4.78, 5) is 24.0. The van der Waals surface area contributed by atoms with Gasteiger partial charge in [0.1, 0.15) is 24.1 Å². The second kappa shape index (κ2) is 7.52. The van der Waals surface area contributed by atoms with Crippen LogP contribution in [0.5, 0.6) is 0 Å². The second-order valence-electron chi connectivity index (χ2n) is 8.57. The lowest BCUT2D eigenvalue weighted by Gasteiger charge is -2.40. The summed E-state index contributed by atoms with van der Waals surface area (Å²) < 4.78 is 19.5. The van der Waals surface area contributed by atoms with Gasteiger partial charge in [0.25, 0.3) is 0 Å². The van der Waals surface area contributed by atoms with E-state index in [1.54, 1.807) is 4.57 Å². The number of hydrogen-bond acceptors (Lipinski definition) is 9. The lowest BCUT2D eigenvalue weighted by molar-refractivity contribution is -0.0520. The number of imidazole rings is 1. The summed E-state index contributed by atoms with van der Waals surface area (Å²) >= 11 is 0. The van der Waals surface area contributed by atoms with E-state index in [2.05, 4.69) is 48.8 Å². The minimum Gasteiger partial charge on any atom is -0.439 e. The topological polar surface area (TPSA) is 161 Å². The van der Waals surface area contributed by atoms with Crippen LogP contribution in [0, 0.1) is 0 Å². The molecule has 0 bridgehead atoms. The van der Waals surface area contributed by atoms with Gasteiger partial charge < -0.3 is 30.5 Å².